The van der Waals surface area contributed by atoms with Gasteiger partial charge in [-0.1, -0.05) is 135 Å². The summed E-state index contributed by atoms with van der Waals surface area (Å²) in [5.74, 6) is 2.86. The first-order valence-corrected chi connectivity index (χ1v) is 18.0. The molecule has 6 aromatic carbocycles. The fraction of sp³-hybridized carbons (Fsp3) is 0.130. The molecule has 244 valence electrons. The van der Waals surface area contributed by atoms with Gasteiger partial charge in [-0.3, -0.25) is 4.57 Å². The molecule has 0 atom stereocenters. The number of benzene rings is 6. The molecule has 2 aromatic heterocycles. The third-order valence-corrected chi connectivity index (χ3v) is 10.9. The summed E-state index contributed by atoms with van der Waals surface area (Å²) in [7, 11) is 0. The highest BCUT2D eigenvalue weighted by molar-refractivity contribution is 5.85. The van der Waals surface area contributed by atoms with Crippen molar-refractivity contribution in [2.24, 2.45) is 0 Å². The van der Waals surface area contributed by atoms with Crippen LogP contribution >= 0.6 is 0 Å². The molecule has 0 N–H and O–H groups in total. The molecule has 0 aliphatic heterocycles. The molecule has 0 saturated heterocycles. The Hall–Kier alpha value is -6.20. The van der Waals surface area contributed by atoms with Gasteiger partial charge in [-0.15, -0.1) is 0 Å². The van der Waals surface area contributed by atoms with E-state index >= 15 is 0 Å². The van der Waals surface area contributed by atoms with Crippen molar-refractivity contribution >= 4 is 11.0 Å². The van der Waals surface area contributed by atoms with Crippen LogP contribution in [-0.2, 0) is 5.41 Å². The van der Waals surface area contributed by atoms with E-state index in [1.165, 1.54) is 54.4 Å². The summed E-state index contributed by atoms with van der Waals surface area (Å²) in [4.78, 5) is 20.6. The summed E-state index contributed by atoms with van der Waals surface area (Å²) in [6.45, 7) is 0. The summed E-state index contributed by atoms with van der Waals surface area (Å²) in [6.07, 6.45) is 6.16. The van der Waals surface area contributed by atoms with Crippen LogP contribution < -0.4 is 0 Å². The molecule has 0 bridgehead atoms. The topological polar surface area (TPSA) is 56.5 Å². The summed E-state index contributed by atoms with van der Waals surface area (Å²) in [5, 5.41) is 0. The van der Waals surface area contributed by atoms with Crippen LogP contribution in [0.25, 0.3) is 73.4 Å². The number of hydrogen-bond donors (Lipinski definition) is 0. The lowest BCUT2D eigenvalue weighted by Crippen LogP contribution is -2.28. The molecule has 2 aliphatic rings. The Morgan fingerprint density at radius 1 is 0.431 bits per heavy atom. The fourth-order valence-electron chi connectivity index (χ4n) is 8.49. The van der Waals surface area contributed by atoms with Crippen LogP contribution in [0.2, 0.25) is 0 Å². The Morgan fingerprint density at radius 3 is 1.84 bits per heavy atom. The molecule has 2 aliphatic carbocycles. The number of fused-ring (bicyclic) bond motifs is 6. The van der Waals surface area contributed by atoms with Crippen LogP contribution in [0, 0.1) is 0 Å². The van der Waals surface area contributed by atoms with Crippen molar-refractivity contribution < 1.29 is 0 Å². The van der Waals surface area contributed by atoms with Crippen LogP contribution in [0.3, 0.4) is 0 Å². The first-order chi connectivity index (χ1) is 25.2. The van der Waals surface area contributed by atoms with Gasteiger partial charge in [-0.25, -0.2) is 19.9 Å². The average Bonchev–Trinajstić information content (AvgIpc) is 3.72. The molecular formula is C46H35N5. The molecular weight excluding hydrogens is 623 g/mol. The minimum atomic E-state index is 0.0524. The summed E-state index contributed by atoms with van der Waals surface area (Å²) in [6, 6.07) is 53.3. The smallest absolute Gasteiger partial charge is 0.164 e. The monoisotopic (exact) mass is 657 g/mol. The van der Waals surface area contributed by atoms with Gasteiger partial charge in [-0.05, 0) is 71.5 Å². The average molecular weight is 658 g/mol. The van der Waals surface area contributed by atoms with Gasteiger partial charge in [0.25, 0.3) is 0 Å². The van der Waals surface area contributed by atoms with Crippen molar-refractivity contribution in [2.75, 3.05) is 0 Å². The van der Waals surface area contributed by atoms with E-state index < -0.39 is 0 Å². The number of rotatable bonds is 5. The Kier molecular flexibility index (Phi) is 6.98. The van der Waals surface area contributed by atoms with Crippen molar-refractivity contribution in [1.29, 1.82) is 0 Å². The van der Waals surface area contributed by atoms with Crippen LogP contribution in [0.5, 0.6) is 0 Å². The molecule has 0 radical (unpaired) electrons. The molecule has 2 heterocycles. The second kappa shape index (κ2) is 12.0. The highest BCUT2D eigenvalue weighted by Crippen LogP contribution is 2.56. The molecule has 1 spiro atoms. The van der Waals surface area contributed by atoms with E-state index in [4.69, 9.17) is 19.9 Å². The van der Waals surface area contributed by atoms with Gasteiger partial charge in [0.2, 0.25) is 0 Å². The third-order valence-electron chi connectivity index (χ3n) is 10.9. The highest BCUT2D eigenvalue weighted by atomic mass is 15.1. The predicted molar refractivity (Wildman–Crippen MR) is 205 cm³/mol. The lowest BCUT2D eigenvalue weighted by molar-refractivity contribution is 0.353. The zero-order chi connectivity index (χ0) is 33.8. The fourth-order valence-corrected chi connectivity index (χ4v) is 8.49. The minimum Gasteiger partial charge on any atom is -0.292 e. The number of aromatic nitrogens is 5. The van der Waals surface area contributed by atoms with Gasteiger partial charge in [-0.2, -0.15) is 0 Å². The molecule has 0 unspecified atom stereocenters. The van der Waals surface area contributed by atoms with E-state index in [1.807, 2.05) is 30.3 Å². The largest absolute Gasteiger partial charge is 0.292 e. The van der Waals surface area contributed by atoms with Crippen LogP contribution in [0.15, 0.2) is 152 Å². The Bertz CT molecular complexity index is 2560. The highest BCUT2D eigenvalue weighted by Gasteiger charge is 2.43. The predicted octanol–water partition coefficient (Wildman–Crippen LogP) is 11.1. The van der Waals surface area contributed by atoms with Crippen molar-refractivity contribution in [3.63, 3.8) is 0 Å². The van der Waals surface area contributed by atoms with Gasteiger partial charge in [0.05, 0.1) is 11.0 Å². The lowest BCUT2D eigenvalue weighted by Gasteiger charge is -2.36. The second-order valence-corrected chi connectivity index (χ2v) is 13.8. The van der Waals surface area contributed by atoms with E-state index in [2.05, 4.69) is 126 Å². The maximum absolute atomic E-state index is 5.22. The van der Waals surface area contributed by atoms with Gasteiger partial charge in [0.15, 0.2) is 17.5 Å². The number of imidazole rings is 1. The van der Waals surface area contributed by atoms with Gasteiger partial charge < -0.3 is 0 Å². The first kappa shape index (κ1) is 29.7. The summed E-state index contributed by atoms with van der Waals surface area (Å²) < 4.78 is 2.23. The van der Waals surface area contributed by atoms with E-state index in [0.717, 1.165) is 44.8 Å². The minimum absolute atomic E-state index is 0.0524. The van der Waals surface area contributed by atoms with Crippen molar-refractivity contribution in [3.8, 4) is 62.4 Å². The Balaban J connectivity index is 1.13. The standard InChI is InChI=1S/C46H35N5/c1-4-15-31(16-5-1)42-48-43(32-17-14-18-34(29-32)45-47-40-23-10-11-24-41(40)51(45)35-19-6-2-7-20-35)50-44(49-42)33-25-26-37-36-21-8-9-22-38(36)46(39(37)30-33)27-12-3-13-28-46/h1-2,4-11,14-26,29-30H,3,12-13,27-28H2. The van der Waals surface area contributed by atoms with Crippen molar-refractivity contribution in [1.82, 2.24) is 24.5 Å². The summed E-state index contributed by atoms with van der Waals surface area (Å²) in [5.41, 5.74) is 12.6. The zero-order valence-electron chi connectivity index (χ0n) is 28.2. The van der Waals surface area contributed by atoms with E-state index in [0.29, 0.717) is 17.5 Å². The molecule has 1 saturated carbocycles. The second-order valence-electron chi connectivity index (χ2n) is 13.8. The molecule has 0 amide bonds. The van der Waals surface area contributed by atoms with E-state index in [9.17, 15) is 0 Å². The first-order valence-electron chi connectivity index (χ1n) is 18.0. The van der Waals surface area contributed by atoms with Crippen LogP contribution in [0.1, 0.15) is 43.2 Å². The normalized spacial score (nSPS) is 14.4. The van der Waals surface area contributed by atoms with Gasteiger partial charge >= 0.3 is 0 Å². The molecule has 1 fully saturated rings. The van der Waals surface area contributed by atoms with Crippen LogP contribution in [-0.4, -0.2) is 24.5 Å². The van der Waals surface area contributed by atoms with Gasteiger partial charge in [0, 0.05) is 33.4 Å². The van der Waals surface area contributed by atoms with Crippen molar-refractivity contribution in [2.45, 2.75) is 37.5 Å². The molecule has 5 nitrogen and oxygen atoms in total. The Morgan fingerprint density at radius 2 is 1.04 bits per heavy atom. The Labute approximate surface area is 297 Å². The quantitative estimate of drug-likeness (QED) is 0.185. The number of para-hydroxylation sites is 3. The van der Waals surface area contributed by atoms with Crippen molar-refractivity contribution in [3.05, 3.63) is 163 Å². The lowest BCUT2D eigenvalue weighted by atomic mass is 9.67. The SMILES string of the molecule is c1ccc(-c2nc(-c3cccc(-c4nc5ccccc5n4-c4ccccc4)c3)nc(-c3ccc4c(c3)C3(CCCCC3)c3ccccc3-4)n2)cc1. The number of nitrogens with zero attached hydrogens (tertiary/aromatic N) is 5. The number of hydrogen-bond acceptors (Lipinski definition) is 4. The molecule has 51 heavy (non-hydrogen) atoms. The molecule has 10 rings (SSSR count). The van der Waals surface area contributed by atoms with Crippen LogP contribution in [0.4, 0.5) is 0 Å². The van der Waals surface area contributed by atoms with E-state index in [1.54, 1.807) is 0 Å². The zero-order valence-corrected chi connectivity index (χ0v) is 28.2. The summed E-state index contributed by atoms with van der Waals surface area (Å²) >= 11 is 0. The molecule has 5 heteroatoms. The maximum atomic E-state index is 5.22. The van der Waals surface area contributed by atoms with E-state index in [-0.39, 0.29) is 5.41 Å². The molecule has 8 aromatic rings. The van der Waals surface area contributed by atoms with Gasteiger partial charge in [0.1, 0.15) is 5.82 Å². The maximum Gasteiger partial charge on any atom is 0.164 e. The third kappa shape index (κ3) is 4.91.